The number of benzene rings is 6. The Morgan fingerprint density at radius 3 is 1.93 bits per heavy atom. The molecule has 0 aromatic heterocycles. The average molecular weight is 802 g/mol. The molecule has 0 aliphatic rings. The van der Waals surface area contributed by atoms with Crippen LogP contribution in [0.1, 0.15) is 21.5 Å². The Morgan fingerprint density at radius 2 is 1.29 bits per heavy atom. The van der Waals surface area contributed by atoms with E-state index in [-0.39, 0.29) is 57.8 Å². The van der Waals surface area contributed by atoms with Gasteiger partial charge in [0.1, 0.15) is 16.3 Å². The molecule has 6 aromatic carbocycles. The van der Waals surface area contributed by atoms with E-state index in [1.807, 2.05) is 13.0 Å². The van der Waals surface area contributed by atoms with Crippen molar-refractivity contribution in [2.45, 2.75) is 16.7 Å². The van der Waals surface area contributed by atoms with Gasteiger partial charge in [0.15, 0.2) is 0 Å². The van der Waals surface area contributed by atoms with Gasteiger partial charge in [0, 0.05) is 28.3 Å². The second kappa shape index (κ2) is 17.4. The number of rotatable bonds is 11. The van der Waals surface area contributed by atoms with E-state index in [1.165, 1.54) is 25.3 Å². The minimum Gasteiger partial charge on any atom is -0.494 e. The molecule has 0 aliphatic heterocycles. The summed E-state index contributed by atoms with van der Waals surface area (Å²) in [5, 5.41) is 30.5. The minimum atomic E-state index is -4.88. The molecular weight excluding hydrogens is 772 g/mol. The molecule has 0 spiro atoms. The average Bonchev–Trinajstić information content (AvgIpc) is 3.16. The number of anilines is 1. The summed E-state index contributed by atoms with van der Waals surface area (Å²) in [7, 11) is -8.19. The van der Waals surface area contributed by atoms with Crippen LogP contribution in [0, 0.1) is 6.92 Å². The summed E-state index contributed by atoms with van der Waals surface area (Å²) in [4.78, 5) is 15.3. The van der Waals surface area contributed by atoms with Gasteiger partial charge in [-0.05, 0) is 109 Å². The molecule has 0 atom stereocenters. The van der Waals surface area contributed by atoms with Gasteiger partial charge in [0.05, 0.1) is 34.8 Å². The van der Waals surface area contributed by atoms with Crippen LogP contribution in [-0.2, 0) is 20.2 Å². The number of azo groups is 2. The number of aliphatic imine (C=N–C) groups is 1. The molecule has 56 heavy (non-hydrogen) atoms. The number of amides is 1. The van der Waals surface area contributed by atoms with Crippen LogP contribution in [0.25, 0.3) is 10.8 Å². The molecule has 1 amide bonds. The Bertz CT molecular complexity index is 2760. The summed E-state index contributed by atoms with van der Waals surface area (Å²) >= 11 is 0. The Balaban J connectivity index is 0.00000600. The predicted molar refractivity (Wildman–Crippen MR) is 206 cm³/mol. The number of carbonyl (C=O) groups excluding carboxylic acids is 1. The van der Waals surface area contributed by atoms with Crippen LogP contribution in [0.15, 0.2) is 157 Å². The number of hydrogen-bond acceptors (Lipinski definition) is 11. The normalized spacial score (nSPS) is 12.2. The van der Waals surface area contributed by atoms with Crippen LogP contribution in [-0.4, -0.2) is 50.0 Å². The fourth-order valence-electron chi connectivity index (χ4n) is 5.25. The third kappa shape index (κ3) is 10.1. The summed E-state index contributed by atoms with van der Waals surface area (Å²) in [5.74, 6) is -0.142. The summed E-state index contributed by atoms with van der Waals surface area (Å²) < 4.78 is 71.9. The number of aliphatic hydroxyl groups is 1. The van der Waals surface area contributed by atoms with Crippen molar-refractivity contribution in [3.8, 4) is 5.75 Å². The molecule has 15 nitrogen and oxygen atoms in total. The maximum Gasteiger partial charge on any atom is 1.00 e. The van der Waals surface area contributed by atoms with Crippen molar-refractivity contribution in [2.24, 2.45) is 25.4 Å². The van der Waals surface area contributed by atoms with Gasteiger partial charge in [0.2, 0.25) is 5.90 Å². The van der Waals surface area contributed by atoms with E-state index in [4.69, 9.17) is 4.74 Å². The molecule has 4 N–H and O–H groups in total. The first-order valence-corrected chi connectivity index (χ1v) is 19.0. The van der Waals surface area contributed by atoms with Crippen molar-refractivity contribution < 1.29 is 70.1 Å². The van der Waals surface area contributed by atoms with Crippen LogP contribution in [0.5, 0.6) is 5.75 Å². The van der Waals surface area contributed by atoms with Crippen molar-refractivity contribution in [1.29, 1.82) is 0 Å². The van der Waals surface area contributed by atoms with Crippen LogP contribution >= 0.6 is 0 Å². The Labute approximate surface area is 343 Å². The van der Waals surface area contributed by atoms with E-state index in [2.05, 4.69) is 30.8 Å². The number of aliphatic hydroxyl groups excluding tert-OH is 1. The van der Waals surface area contributed by atoms with E-state index in [9.17, 15) is 35.8 Å². The number of nitrogens with zero attached hydrogens (tertiary/aromatic N) is 5. The molecule has 278 valence electrons. The van der Waals surface area contributed by atoms with Crippen molar-refractivity contribution >= 4 is 76.9 Å². The fourth-order valence-corrected chi connectivity index (χ4v) is 6.60. The quantitative estimate of drug-likeness (QED) is 0.0374. The molecular formula is C38H30N6NaO9S2+. The van der Waals surface area contributed by atoms with E-state index in [0.717, 1.165) is 11.6 Å². The van der Waals surface area contributed by atoms with Gasteiger partial charge in [-0.1, -0.05) is 24.3 Å². The largest absolute Gasteiger partial charge is 1.00 e. The molecule has 0 fully saturated rings. The molecule has 0 radical (unpaired) electrons. The number of aryl methyl sites for hydroxylation is 1. The summed E-state index contributed by atoms with van der Waals surface area (Å²) in [6.07, 6.45) is 0. The maximum absolute atomic E-state index is 12.4. The van der Waals surface area contributed by atoms with Gasteiger partial charge in [-0.25, -0.2) is 4.99 Å². The first-order valence-electron chi connectivity index (χ1n) is 16.1. The summed E-state index contributed by atoms with van der Waals surface area (Å²) in [6.45, 7) is 1.81. The van der Waals surface area contributed by atoms with Crippen LogP contribution in [0.4, 0.5) is 34.1 Å². The summed E-state index contributed by atoms with van der Waals surface area (Å²) in [6, 6.07) is 31.1. The predicted octanol–water partition coefficient (Wildman–Crippen LogP) is 6.37. The molecule has 6 rings (SSSR count). The van der Waals surface area contributed by atoms with Gasteiger partial charge in [-0.3, -0.25) is 13.9 Å². The monoisotopic (exact) mass is 801 g/mol. The van der Waals surface area contributed by atoms with E-state index < -0.39 is 30.0 Å². The molecule has 0 saturated carbocycles. The molecule has 6 aromatic rings. The van der Waals surface area contributed by atoms with Crippen molar-refractivity contribution in [3.63, 3.8) is 0 Å². The Kier molecular flexibility index (Phi) is 12.9. The van der Waals surface area contributed by atoms with Gasteiger partial charge >= 0.3 is 29.6 Å². The van der Waals surface area contributed by atoms with Crippen molar-refractivity contribution in [1.82, 2.24) is 0 Å². The minimum absolute atomic E-state index is 0. The van der Waals surface area contributed by atoms with Gasteiger partial charge in [-0.15, -0.1) is 5.11 Å². The standard InChI is InChI=1S/C38H30N6O9S2.Na/c1-23-18-28(40-38(46)25-8-11-27(12-9-25)39-37(45)24-6-4-3-5-7-24)14-16-33(23)43-44-34-17-15-30(21-35(34)53-2)42-41-29-13-10-26-19-31(54(47,48)49)22-36(32(26)20-29)55(50,51)52;/h3-22H,1-2H3,(H,39,45)(H,40,46)(H,47,48,49)(H,50,51,52);/q;+1. The second-order valence-electron chi connectivity index (χ2n) is 11.8. The number of ether oxygens (including phenoxy) is 1. The fraction of sp³-hybridized carbons (Fsp3) is 0.0526. The van der Waals surface area contributed by atoms with Crippen LogP contribution in [0.2, 0.25) is 0 Å². The summed E-state index contributed by atoms with van der Waals surface area (Å²) in [5.41, 5.74) is 4.18. The third-order valence-corrected chi connectivity index (χ3v) is 9.74. The van der Waals surface area contributed by atoms with Crippen LogP contribution < -0.4 is 39.6 Å². The van der Waals surface area contributed by atoms with E-state index in [1.54, 1.807) is 84.9 Å². The number of methoxy groups -OCH3 is 1. The number of carbonyl (C=O) groups is 1. The molecule has 0 aliphatic carbocycles. The first-order chi connectivity index (χ1) is 26.2. The second-order valence-corrected chi connectivity index (χ2v) is 14.6. The molecule has 0 heterocycles. The van der Waals surface area contributed by atoms with E-state index in [0.29, 0.717) is 51.4 Å². The first kappa shape index (κ1) is 41.5. The zero-order valence-electron chi connectivity index (χ0n) is 29.9. The number of hydrogen-bond donors (Lipinski definition) is 4. The van der Waals surface area contributed by atoms with Crippen molar-refractivity contribution in [2.75, 3.05) is 12.4 Å². The topological polar surface area (TPSA) is 229 Å². The molecule has 0 bridgehead atoms. The third-order valence-electron chi connectivity index (χ3n) is 8.01. The zero-order chi connectivity index (χ0) is 39.3. The van der Waals surface area contributed by atoms with Crippen molar-refractivity contribution in [3.05, 3.63) is 138 Å². The van der Waals surface area contributed by atoms with E-state index >= 15 is 0 Å². The molecule has 18 heteroatoms. The maximum atomic E-state index is 12.4. The molecule has 0 saturated heterocycles. The molecule has 0 unspecified atom stereocenters. The number of nitrogens with one attached hydrogen (secondary N) is 1. The Hall–Kier alpha value is -5.66. The SMILES string of the molecule is COc1cc(N=Nc2ccc3cc(S(=O)(=O)O)cc(S(=O)(=O)O)c3c2)ccc1N=Nc1ccc(N=C(O)c2ccc(NC(=O)c3ccccc3)cc2)cc1C.[Na+]. The number of fused-ring (bicyclic) bond motifs is 1. The van der Waals surface area contributed by atoms with Gasteiger partial charge in [0.25, 0.3) is 26.1 Å². The van der Waals surface area contributed by atoms with Gasteiger partial charge < -0.3 is 15.2 Å². The van der Waals surface area contributed by atoms with Gasteiger partial charge in [-0.2, -0.15) is 32.2 Å². The van der Waals surface area contributed by atoms with Crippen LogP contribution in [0.3, 0.4) is 0 Å². The smallest absolute Gasteiger partial charge is 0.494 e. The zero-order valence-corrected chi connectivity index (χ0v) is 33.5. The Morgan fingerprint density at radius 1 is 0.661 bits per heavy atom.